The molecule has 0 aromatic rings. The minimum absolute atomic E-state index is 0.0784. The van der Waals surface area contributed by atoms with Gasteiger partial charge in [-0.05, 0) is 32.4 Å². The molecule has 0 aromatic heterocycles. The zero-order valence-electron chi connectivity index (χ0n) is 7.20. The molecular formula is C9H15NO2. The van der Waals surface area contributed by atoms with Gasteiger partial charge < -0.3 is 5.11 Å². The van der Waals surface area contributed by atoms with E-state index in [9.17, 15) is 4.79 Å². The van der Waals surface area contributed by atoms with E-state index in [1.54, 1.807) is 0 Å². The maximum absolute atomic E-state index is 10.8. The number of aliphatic carboxylic acids is 1. The van der Waals surface area contributed by atoms with Crippen molar-refractivity contribution in [1.29, 1.82) is 0 Å². The van der Waals surface area contributed by atoms with Crippen LogP contribution in [-0.2, 0) is 4.79 Å². The van der Waals surface area contributed by atoms with Crippen molar-refractivity contribution < 1.29 is 9.90 Å². The lowest BCUT2D eigenvalue weighted by Crippen LogP contribution is -2.39. The number of carbonyl (C=O) groups is 1. The highest BCUT2D eigenvalue weighted by Gasteiger charge is 2.39. The van der Waals surface area contributed by atoms with E-state index in [4.69, 9.17) is 5.11 Å². The summed E-state index contributed by atoms with van der Waals surface area (Å²) < 4.78 is 0. The van der Waals surface area contributed by atoms with E-state index in [-0.39, 0.29) is 5.92 Å². The highest BCUT2D eigenvalue weighted by atomic mass is 16.4. The van der Waals surface area contributed by atoms with Crippen LogP contribution in [0.3, 0.4) is 0 Å². The number of carboxylic acids is 1. The van der Waals surface area contributed by atoms with Crippen LogP contribution in [0.2, 0.25) is 0 Å². The fourth-order valence-corrected chi connectivity index (χ4v) is 2.54. The van der Waals surface area contributed by atoms with Gasteiger partial charge in [0.05, 0.1) is 5.92 Å². The largest absolute Gasteiger partial charge is 0.481 e. The highest BCUT2D eigenvalue weighted by molar-refractivity contribution is 5.71. The summed E-state index contributed by atoms with van der Waals surface area (Å²) >= 11 is 0. The summed E-state index contributed by atoms with van der Waals surface area (Å²) in [7, 11) is 0. The summed E-state index contributed by atoms with van der Waals surface area (Å²) in [5, 5.41) is 8.93. The second-order valence-electron chi connectivity index (χ2n) is 3.83. The third-order valence-corrected chi connectivity index (χ3v) is 3.17. The molecule has 0 aliphatic carbocycles. The normalized spacial score (nSPS) is 36.3. The van der Waals surface area contributed by atoms with Gasteiger partial charge in [0.1, 0.15) is 0 Å². The summed E-state index contributed by atoms with van der Waals surface area (Å²) in [4.78, 5) is 13.2. The Morgan fingerprint density at radius 3 is 2.83 bits per heavy atom. The quantitative estimate of drug-likeness (QED) is 0.635. The molecule has 12 heavy (non-hydrogen) atoms. The van der Waals surface area contributed by atoms with Crippen molar-refractivity contribution in [3.05, 3.63) is 0 Å². The Labute approximate surface area is 72.4 Å². The van der Waals surface area contributed by atoms with Crippen molar-refractivity contribution in [2.75, 3.05) is 13.1 Å². The van der Waals surface area contributed by atoms with Gasteiger partial charge in [-0.15, -0.1) is 0 Å². The molecule has 0 bridgehead atoms. The first kappa shape index (κ1) is 8.05. The first-order chi connectivity index (χ1) is 5.79. The Kier molecular flexibility index (Phi) is 2.05. The van der Waals surface area contributed by atoms with Crippen molar-refractivity contribution in [3.63, 3.8) is 0 Å². The third-order valence-electron chi connectivity index (χ3n) is 3.17. The van der Waals surface area contributed by atoms with Gasteiger partial charge in [0.2, 0.25) is 0 Å². The van der Waals surface area contributed by atoms with Crippen LogP contribution in [0.15, 0.2) is 0 Å². The predicted molar refractivity (Wildman–Crippen MR) is 45.0 cm³/mol. The van der Waals surface area contributed by atoms with E-state index in [1.165, 1.54) is 12.8 Å². The second-order valence-corrected chi connectivity index (χ2v) is 3.83. The first-order valence-electron chi connectivity index (χ1n) is 4.76. The molecule has 0 aromatic carbocycles. The minimum Gasteiger partial charge on any atom is -0.481 e. The second kappa shape index (κ2) is 3.05. The summed E-state index contributed by atoms with van der Waals surface area (Å²) in [6, 6.07) is 0.358. The molecule has 3 nitrogen and oxygen atoms in total. The van der Waals surface area contributed by atoms with E-state index in [0.717, 1.165) is 25.9 Å². The van der Waals surface area contributed by atoms with E-state index < -0.39 is 5.97 Å². The predicted octanol–water partition coefficient (Wildman–Crippen LogP) is 0.945. The number of hydrogen-bond donors (Lipinski definition) is 1. The van der Waals surface area contributed by atoms with Crippen LogP contribution in [-0.4, -0.2) is 35.1 Å². The molecule has 3 heteroatoms. The number of rotatable bonds is 1. The number of piperidine rings is 1. The van der Waals surface area contributed by atoms with Crippen LogP contribution < -0.4 is 0 Å². The van der Waals surface area contributed by atoms with Gasteiger partial charge in [-0.1, -0.05) is 6.42 Å². The zero-order chi connectivity index (χ0) is 8.55. The summed E-state index contributed by atoms with van der Waals surface area (Å²) in [5.41, 5.74) is 0. The third kappa shape index (κ3) is 1.22. The van der Waals surface area contributed by atoms with Crippen LogP contribution >= 0.6 is 0 Å². The summed E-state index contributed by atoms with van der Waals surface area (Å²) in [6.07, 6.45) is 4.42. The van der Waals surface area contributed by atoms with Gasteiger partial charge in [-0.3, -0.25) is 9.69 Å². The maximum atomic E-state index is 10.8. The van der Waals surface area contributed by atoms with Crippen molar-refractivity contribution in [3.8, 4) is 0 Å². The first-order valence-corrected chi connectivity index (χ1v) is 4.76. The molecule has 2 aliphatic rings. The number of fused-ring (bicyclic) bond motifs is 1. The molecule has 0 saturated carbocycles. The number of hydrogen-bond acceptors (Lipinski definition) is 2. The molecule has 2 aliphatic heterocycles. The van der Waals surface area contributed by atoms with Gasteiger partial charge in [0.25, 0.3) is 0 Å². The number of carboxylic acid groups (broad SMARTS) is 1. The average molecular weight is 169 g/mol. The Hall–Kier alpha value is -0.570. The van der Waals surface area contributed by atoms with Gasteiger partial charge in [-0.25, -0.2) is 0 Å². The summed E-state index contributed by atoms with van der Waals surface area (Å²) in [5.74, 6) is -0.672. The summed E-state index contributed by atoms with van der Waals surface area (Å²) in [6.45, 7) is 2.12. The molecule has 2 atom stereocenters. The maximum Gasteiger partial charge on any atom is 0.308 e. The van der Waals surface area contributed by atoms with Crippen LogP contribution in [0.1, 0.15) is 25.7 Å². The fourth-order valence-electron chi connectivity index (χ4n) is 2.54. The molecule has 2 rings (SSSR count). The van der Waals surface area contributed by atoms with Gasteiger partial charge in [0.15, 0.2) is 0 Å². The van der Waals surface area contributed by atoms with E-state index >= 15 is 0 Å². The molecule has 0 radical (unpaired) electrons. The monoisotopic (exact) mass is 169 g/mol. The molecule has 2 saturated heterocycles. The van der Waals surface area contributed by atoms with Crippen LogP contribution in [0.4, 0.5) is 0 Å². The molecule has 0 spiro atoms. The standard InChI is InChI=1S/C9H15NO2/c11-9(12)7-4-6-10-5-2-1-3-8(7)10/h7-8H,1-6H2,(H,11,12)/t7?,8-/m1/s1. The molecule has 2 heterocycles. The number of nitrogens with zero attached hydrogens (tertiary/aromatic N) is 1. The van der Waals surface area contributed by atoms with Gasteiger partial charge >= 0.3 is 5.97 Å². The average Bonchev–Trinajstić information content (AvgIpc) is 2.47. The minimum atomic E-state index is -0.593. The zero-order valence-corrected chi connectivity index (χ0v) is 7.20. The Morgan fingerprint density at radius 2 is 2.08 bits per heavy atom. The topological polar surface area (TPSA) is 40.5 Å². The van der Waals surface area contributed by atoms with E-state index in [2.05, 4.69) is 4.90 Å². The van der Waals surface area contributed by atoms with Gasteiger partial charge in [0, 0.05) is 6.04 Å². The molecule has 1 N–H and O–H groups in total. The molecular weight excluding hydrogens is 154 g/mol. The smallest absolute Gasteiger partial charge is 0.308 e. The van der Waals surface area contributed by atoms with Gasteiger partial charge in [-0.2, -0.15) is 0 Å². The Morgan fingerprint density at radius 1 is 1.25 bits per heavy atom. The lowest BCUT2D eigenvalue weighted by molar-refractivity contribution is -0.142. The van der Waals surface area contributed by atoms with Crippen molar-refractivity contribution in [2.24, 2.45) is 5.92 Å². The molecule has 68 valence electrons. The molecule has 0 amide bonds. The lowest BCUT2D eigenvalue weighted by atomic mass is 9.93. The van der Waals surface area contributed by atoms with E-state index in [0.29, 0.717) is 6.04 Å². The van der Waals surface area contributed by atoms with Crippen LogP contribution in [0.25, 0.3) is 0 Å². The lowest BCUT2D eigenvalue weighted by Gasteiger charge is -2.30. The Balaban J connectivity index is 2.05. The van der Waals surface area contributed by atoms with Crippen molar-refractivity contribution in [2.45, 2.75) is 31.7 Å². The van der Waals surface area contributed by atoms with Crippen molar-refractivity contribution in [1.82, 2.24) is 4.90 Å². The van der Waals surface area contributed by atoms with Crippen LogP contribution in [0, 0.1) is 5.92 Å². The SMILES string of the molecule is O=C(O)C1CCN2CCCC[C@H]12. The van der Waals surface area contributed by atoms with Crippen LogP contribution in [0.5, 0.6) is 0 Å². The molecule has 2 fully saturated rings. The Bertz CT molecular complexity index is 193. The fraction of sp³-hybridized carbons (Fsp3) is 0.889. The molecule has 1 unspecified atom stereocenters. The van der Waals surface area contributed by atoms with E-state index in [1.807, 2.05) is 0 Å². The highest BCUT2D eigenvalue weighted by Crippen LogP contribution is 2.31. The van der Waals surface area contributed by atoms with Crippen molar-refractivity contribution >= 4 is 5.97 Å².